The van der Waals surface area contributed by atoms with Gasteiger partial charge in [-0.1, -0.05) is 0 Å². The molecular formula is C8H13N3O. The Kier molecular flexibility index (Phi) is 2.99. The average molecular weight is 167 g/mol. The third kappa shape index (κ3) is 2.47. The van der Waals surface area contributed by atoms with E-state index in [1.54, 1.807) is 12.5 Å². The molecule has 0 radical (unpaired) electrons. The normalized spacial score (nSPS) is 12.8. The smallest absolute Gasteiger partial charge is 0.146 e. The van der Waals surface area contributed by atoms with Gasteiger partial charge in [-0.05, 0) is 19.8 Å². The van der Waals surface area contributed by atoms with Crippen LogP contribution in [0.1, 0.15) is 19.0 Å². The number of ketones is 1. The Hall–Kier alpha value is -1.16. The molecule has 0 aliphatic rings. The summed E-state index contributed by atoms with van der Waals surface area (Å²) in [5, 5.41) is 0. The monoisotopic (exact) mass is 167 g/mol. The number of H-pyrrole nitrogens is 1. The van der Waals surface area contributed by atoms with Crippen LogP contribution in [0, 0.1) is 0 Å². The van der Waals surface area contributed by atoms with Gasteiger partial charge in [0.05, 0.1) is 12.4 Å². The summed E-state index contributed by atoms with van der Waals surface area (Å²) in [4.78, 5) is 17.6. The molecule has 0 spiro atoms. The molecule has 4 nitrogen and oxygen atoms in total. The van der Waals surface area contributed by atoms with Crippen molar-refractivity contribution < 1.29 is 4.79 Å². The van der Waals surface area contributed by atoms with Crippen LogP contribution in [0.15, 0.2) is 12.5 Å². The van der Waals surface area contributed by atoms with Crippen molar-refractivity contribution >= 4 is 5.78 Å². The number of hydrogen-bond acceptors (Lipinski definition) is 3. The van der Waals surface area contributed by atoms with Gasteiger partial charge in [-0.2, -0.15) is 0 Å². The van der Waals surface area contributed by atoms with Crippen LogP contribution < -0.4 is 5.73 Å². The largest absolute Gasteiger partial charge is 0.348 e. The molecule has 1 rings (SSSR count). The van der Waals surface area contributed by atoms with E-state index in [2.05, 4.69) is 9.97 Å². The molecule has 0 bridgehead atoms. The van der Waals surface area contributed by atoms with Gasteiger partial charge < -0.3 is 10.7 Å². The van der Waals surface area contributed by atoms with Crippen LogP contribution >= 0.6 is 0 Å². The highest BCUT2D eigenvalue weighted by atomic mass is 16.1. The van der Waals surface area contributed by atoms with E-state index in [-0.39, 0.29) is 11.8 Å². The van der Waals surface area contributed by atoms with Crippen LogP contribution in [0.2, 0.25) is 0 Å². The lowest BCUT2D eigenvalue weighted by Gasteiger charge is -2.04. The quantitative estimate of drug-likeness (QED) is 0.675. The molecule has 0 saturated carbocycles. The van der Waals surface area contributed by atoms with Gasteiger partial charge in [-0.3, -0.25) is 4.79 Å². The second-order valence-corrected chi connectivity index (χ2v) is 2.83. The minimum atomic E-state index is -0.340. The Balaban J connectivity index is 2.31. The van der Waals surface area contributed by atoms with Gasteiger partial charge in [-0.25, -0.2) is 4.98 Å². The van der Waals surface area contributed by atoms with Gasteiger partial charge in [-0.15, -0.1) is 0 Å². The van der Waals surface area contributed by atoms with Gasteiger partial charge in [0.25, 0.3) is 0 Å². The van der Waals surface area contributed by atoms with Crippen LogP contribution in [0.5, 0.6) is 0 Å². The van der Waals surface area contributed by atoms with Crippen molar-refractivity contribution in [3.05, 3.63) is 18.2 Å². The van der Waals surface area contributed by atoms with Gasteiger partial charge >= 0.3 is 0 Å². The SMILES string of the molecule is CC(=O)[C@@H](N)CCc1cnc[nH]1. The van der Waals surface area contributed by atoms with Crippen molar-refractivity contribution in [3.63, 3.8) is 0 Å². The Bertz CT molecular complexity index is 243. The average Bonchev–Trinajstić information content (AvgIpc) is 2.51. The van der Waals surface area contributed by atoms with E-state index in [9.17, 15) is 4.79 Å². The summed E-state index contributed by atoms with van der Waals surface area (Å²) in [6.07, 6.45) is 4.82. The number of nitrogens with zero attached hydrogens (tertiary/aromatic N) is 1. The molecule has 0 aromatic carbocycles. The van der Waals surface area contributed by atoms with Crippen molar-refractivity contribution in [2.75, 3.05) is 0 Å². The summed E-state index contributed by atoms with van der Waals surface area (Å²) in [5.74, 6) is 0.0366. The van der Waals surface area contributed by atoms with Crippen LogP contribution in [0.25, 0.3) is 0 Å². The predicted octanol–water partition coefficient (Wildman–Crippen LogP) is 0.259. The van der Waals surface area contributed by atoms with Crippen LogP contribution in [0.4, 0.5) is 0 Å². The number of aryl methyl sites for hydroxylation is 1. The molecular weight excluding hydrogens is 154 g/mol. The van der Waals surface area contributed by atoms with Crippen molar-refractivity contribution in [1.82, 2.24) is 9.97 Å². The zero-order chi connectivity index (χ0) is 8.97. The molecule has 1 heterocycles. The molecule has 0 fully saturated rings. The number of nitrogens with two attached hydrogens (primary N) is 1. The second kappa shape index (κ2) is 4.01. The van der Waals surface area contributed by atoms with Crippen LogP contribution in [-0.2, 0) is 11.2 Å². The third-order valence-electron chi connectivity index (χ3n) is 1.80. The lowest BCUT2D eigenvalue weighted by atomic mass is 10.1. The van der Waals surface area contributed by atoms with Crippen molar-refractivity contribution in [3.8, 4) is 0 Å². The van der Waals surface area contributed by atoms with Gasteiger partial charge in [0, 0.05) is 11.9 Å². The Labute approximate surface area is 71.2 Å². The Morgan fingerprint density at radius 1 is 1.83 bits per heavy atom. The molecule has 0 saturated heterocycles. The summed E-state index contributed by atoms with van der Waals surface area (Å²) in [6, 6.07) is -0.340. The molecule has 1 aromatic rings. The molecule has 0 aliphatic carbocycles. The maximum absolute atomic E-state index is 10.8. The number of carbonyl (C=O) groups is 1. The third-order valence-corrected chi connectivity index (χ3v) is 1.80. The summed E-state index contributed by atoms with van der Waals surface area (Å²) in [5.41, 5.74) is 6.57. The van der Waals surface area contributed by atoms with Gasteiger partial charge in [0.15, 0.2) is 0 Å². The first-order valence-electron chi connectivity index (χ1n) is 3.93. The number of Topliss-reactive ketones (excluding diaryl/α,β-unsaturated/α-hetero) is 1. The summed E-state index contributed by atoms with van der Waals surface area (Å²) >= 11 is 0. The number of imidazole rings is 1. The van der Waals surface area contributed by atoms with Gasteiger partial charge in [0.2, 0.25) is 0 Å². The zero-order valence-corrected chi connectivity index (χ0v) is 7.08. The highest BCUT2D eigenvalue weighted by Crippen LogP contribution is 1.99. The second-order valence-electron chi connectivity index (χ2n) is 2.83. The molecule has 1 atom stereocenters. The zero-order valence-electron chi connectivity index (χ0n) is 7.08. The summed E-state index contributed by atoms with van der Waals surface area (Å²) in [6.45, 7) is 1.51. The molecule has 66 valence electrons. The van der Waals surface area contributed by atoms with Crippen molar-refractivity contribution in [2.24, 2.45) is 5.73 Å². The van der Waals surface area contributed by atoms with Crippen LogP contribution in [0.3, 0.4) is 0 Å². The Morgan fingerprint density at radius 2 is 2.58 bits per heavy atom. The minimum Gasteiger partial charge on any atom is -0.348 e. The fraction of sp³-hybridized carbons (Fsp3) is 0.500. The van der Waals surface area contributed by atoms with E-state index in [0.29, 0.717) is 6.42 Å². The molecule has 3 N–H and O–H groups in total. The highest BCUT2D eigenvalue weighted by Gasteiger charge is 2.07. The molecule has 1 aromatic heterocycles. The fourth-order valence-electron chi connectivity index (χ4n) is 0.936. The first-order chi connectivity index (χ1) is 5.70. The number of hydrogen-bond donors (Lipinski definition) is 2. The topological polar surface area (TPSA) is 71.8 Å². The predicted molar refractivity (Wildman–Crippen MR) is 45.6 cm³/mol. The fourth-order valence-corrected chi connectivity index (χ4v) is 0.936. The number of aromatic amines is 1. The maximum atomic E-state index is 10.8. The number of rotatable bonds is 4. The van der Waals surface area contributed by atoms with Crippen molar-refractivity contribution in [2.45, 2.75) is 25.8 Å². The van der Waals surface area contributed by atoms with Crippen LogP contribution in [-0.4, -0.2) is 21.8 Å². The van der Waals surface area contributed by atoms with E-state index >= 15 is 0 Å². The van der Waals surface area contributed by atoms with E-state index in [1.807, 2.05) is 0 Å². The minimum absolute atomic E-state index is 0.0366. The van der Waals surface area contributed by atoms with E-state index in [1.165, 1.54) is 6.92 Å². The lowest BCUT2D eigenvalue weighted by Crippen LogP contribution is -2.28. The standard InChI is InChI=1S/C8H13N3O/c1-6(12)8(9)3-2-7-4-10-5-11-7/h4-5,8H,2-3,9H2,1H3,(H,10,11)/t8-/m0/s1. The highest BCUT2D eigenvalue weighted by molar-refractivity contribution is 5.81. The number of nitrogens with one attached hydrogen (secondary N) is 1. The molecule has 12 heavy (non-hydrogen) atoms. The lowest BCUT2D eigenvalue weighted by molar-refractivity contribution is -0.118. The van der Waals surface area contributed by atoms with E-state index < -0.39 is 0 Å². The molecule has 0 unspecified atom stereocenters. The van der Waals surface area contributed by atoms with Gasteiger partial charge in [0.1, 0.15) is 5.78 Å². The van der Waals surface area contributed by atoms with Crippen molar-refractivity contribution in [1.29, 1.82) is 0 Å². The number of carbonyl (C=O) groups excluding carboxylic acids is 1. The molecule has 0 amide bonds. The molecule has 0 aliphatic heterocycles. The first-order valence-corrected chi connectivity index (χ1v) is 3.93. The van der Waals surface area contributed by atoms with E-state index in [4.69, 9.17) is 5.73 Å². The molecule has 4 heteroatoms. The number of aromatic nitrogens is 2. The van der Waals surface area contributed by atoms with E-state index in [0.717, 1.165) is 12.1 Å². The summed E-state index contributed by atoms with van der Waals surface area (Å²) in [7, 11) is 0. The first kappa shape index (κ1) is 8.93. The Morgan fingerprint density at radius 3 is 3.08 bits per heavy atom. The summed E-state index contributed by atoms with van der Waals surface area (Å²) < 4.78 is 0. The maximum Gasteiger partial charge on any atom is 0.146 e.